The Kier molecular flexibility index (Phi) is 5.22. The second-order valence-corrected chi connectivity index (χ2v) is 10.8. The van der Waals surface area contributed by atoms with Crippen molar-refractivity contribution in [2.45, 2.75) is 50.2 Å². The highest BCUT2D eigenvalue weighted by Crippen LogP contribution is 2.36. The molecule has 1 aromatic heterocycles. The molecule has 2 fully saturated rings. The van der Waals surface area contributed by atoms with Gasteiger partial charge in [0.25, 0.3) is 0 Å². The Labute approximate surface area is 175 Å². The summed E-state index contributed by atoms with van der Waals surface area (Å²) in [4.78, 5) is 18.1. The van der Waals surface area contributed by atoms with E-state index >= 15 is 0 Å². The molecule has 0 spiro atoms. The van der Waals surface area contributed by atoms with Crippen LogP contribution >= 0.6 is 0 Å². The lowest BCUT2D eigenvalue weighted by atomic mass is 9.92. The van der Waals surface area contributed by atoms with Crippen molar-refractivity contribution in [3.8, 4) is 0 Å². The van der Waals surface area contributed by atoms with Crippen LogP contribution in [0.4, 0.5) is 9.18 Å². The lowest BCUT2D eigenvalue weighted by Gasteiger charge is -2.37. The number of hydrogen-bond acceptors (Lipinski definition) is 5. The molecule has 1 amide bonds. The van der Waals surface area contributed by atoms with E-state index in [1.807, 2.05) is 20.8 Å². The number of rotatable bonds is 2. The fourth-order valence-electron chi connectivity index (χ4n) is 4.40. The zero-order valence-corrected chi connectivity index (χ0v) is 18.2. The number of halogens is 1. The largest absolute Gasteiger partial charge is 0.444 e. The number of piperidine rings is 1. The van der Waals surface area contributed by atoms with E-state index in [0.29, 0.717) is 18.5 Å². The molecular weight excluding hydrogens is 409 g/mol. The first-order chi connectivity index (χ1) is 14.1. The normalized spacial score (nSPS) is 22.9. The van der Waals surface area contributed by atoms with Crippen molar-refractivity contribution in [1.29, 1.82) is 0 Å². The van der Waals surface area contributed by atoms with Gasteiger partial charge >= 0.3 is 6.09 Å². The van der Waals surface area contributed by atoms with Gasteiger partial charge in [-0.1, -0.05) is 12.1 Å². The number of fused-ring (bicyclic) bond motifs is 2. The minimum Gasteiger partial charge on any atom is -0.444 e. The van der Waals surface area contributed by atoms with Gasteiger partial charge < -0.3 is 9.64 Å². The molecule has 1 aromatic carbocycles. The molecule has 9 heteroatoms. The van der Waals surface area contributed by atoms with Crippen molar-refractivity contribution in [2.24, 2.45) is 5.92 Å². The van der Waals surface area contributed by atoms with Crippen LogP contribution in [0, 0.1) is 11.7 Å². The highest BCUT2D eigenvalue weighted by molar-refractivity contribution is 7.89. The topological polar surface area (TPSA) is 79.8 Å². The number of carbonyl (C=O) groups excluding carboxylic acids is 1. The molecule has 0 saturated carbocycles. The molecule has 162 valence electrons. The summed E-state index contributed by atoms with van der Waals surface area (Å²) in [5.74, 6) is -0.638. The number of amides is 1. The fraction of sp³-hybridized carbons (Fsp3) is 0.524. The smallest absolute Gasteiger partial charge is 0.410 e. The standard InChI is InChI=1S/C21H26FN3O4S/c1-21(2,3)29-20(26)25-9-5-7-15-12-24(13-17(15)25)30(27,28)18-8-4-6-14-10-23-11-16(22)19(14)18/h4,6,8,10-11,15,17H,5,7,9,12-13H2,1-3H3. The maximum atomic E-state index is 14.5. The highest BCUT2D eigenvalue weighted by atomic mass is 32.2. The van der Waals surface area contributed by atoms with E-state index in [9.17, 15) is 17.6 Å². The van der Waals surface area contributed by atoms with Gasteiger partial charge in [0.05, 0.1) is 17.1 Å². The summed E-state index contributed by atoms with van der Waals surface area (Å²) >= 11 is 0. The summed E-state index contributed by atoms with van der Waals surface area (Å²) in [6.07, 6.45) is 3.69. The molecule has 2 aromatic rings. The molecule has 2 aliphatic heterocycles. The average Bonchev–Trinajstić information content (AvgIpc) is 3.11. The first-order valence-corrected chi connectivity index (χ1v) is 11.5. The van der Waals surface area contributed by atoms with Gasteiger partial charge in [0.1, 0.15) is 5.60 Å². The molecule has 30 heavy (non-hydrogen) atoms. The summed E-state index contributed by atoms with van der Waals surface area (Å²) < 4.78 is 48.3. The Morgan fingerprint density at radius 1 is 1.23 bits per heavy atom. The minimum atomic E-state index is -3.94. The first-order valence-electron chi connectivity index (χ1n) is 10.1. The van der Waals surface area contributed by atoms with E-state index in [4.69, 9.17) is 4.74 Å². The number of sulfonamides is 1. The molecule has 0 radical (unpaired) electrons. The molecule has 0 N–H and O–H groups in total. The van der Waals surface area contributed by atoms with Gasteiger partial charge in [-0.25, -0.2) is 17.6 Å². The highest BCUT2D eigenvalue weighted by Gasteiger charge is 2.46. The van der Waals surface area contributed by atoms with E-state index < -0.39 is 27.5 Å². The molecule has 2 atom stereocenters. The maximum absolute atomic E-state index is 14.5. The quantitative estimate of drug-likeness (QED) is 0.722. The van der Waals surface area contributed by atoms with E-state index in [-0.39, 0.29) is 28.8 Å². The van der Waals surface area contributed by atoms with Crippen molar-refractivity contribution in [3.63, 3.8) is 0 Å². The van der Waals surface area contributed by atoms with Gasteiger partial charge in [0.2, 0.25) is 10.0 Å². The van der Waals surface area contributed by atoms with Crippen LogP contribution in [-0.2, 0) is 14.8 Å². The summed E-state index contributed by atoms with van der Waals surface area (Å²) in [5, 5.41) is 0.481. The molecule has 2 saturated heterocycles. The average molecular weight is 436 g/mol. The number of nitrogens with zero attached hydrogens (tertiary/aromatic N) is 3. The molecule has 0 aliphatic carbocycles. The lowest BCUT2D eigenvalue weighted by molar-refractivity contribution is 0.00643. The van der Waals surface area contributed by atoms with Gasteiger partial charge in [-0.15, -0.1) is 0 Å². The molecule has 0 bridgehead atoms. The van der Waals surface area contributed by atoms with E-state index in [0.717, 1.165) is 19.0 Å². The van der Waals surface area contributed by atoms with Crippen LogP contribution in [0.3, 0.4) is 0 Å². The number of aromatic nitrogens is 1. The predicted octanol–water partition coefficient (Wildman–Crippen LogP) is 3.39. The minimum absolute atomic E-state index is 0.0301. The first kappa shape index (κ1) is 21.0. The molecule has 2 aliphatic rings. The maximum Gasteiger partial charge on any atom is 0.410 e. The van der Waals surface area contributed by atoms with Gasteiger partial charge in [-0.3, -0.25) is 4.98 Å². The number of pyridine rings is 1. The lowest BCUT2D eigenvalue weighted by Crippen LogP contribution is -2.50. The van der Waals surface area contributed by atoms with Crippen LogP contribution in [0.2, 0.25) is 0 Å². The SMILES string of the molecule is CC(C)(C)OC(=O)N1CCCC2CN(S(=O)(=O)c3cccc4cncc(F)c34)CC21. The van der Waals surface area contributed by atoms with Crippen LogP contribution in [0.5, 0.6) is 0 Å². The van der Waals surface area contributed by atoms with Crippen molar-refractivity contribution < 1.29 is 22.3 Å². The number of likely N-dealkylation sites (tertiary alicyclic amines) is 1. The third-order valence-corrected chi connectivity index (χ3v) is 7.57. The molecule has 3 heterocycles. The van der Waals surface area contributed by atoms with E-state index in [2.05, 4.69) is 4.98 Å². The molecule has 2 unspecified atom stereocenters. The van der Waals surface area contributed by atoms with Crippen LogP contribution in [-0.4, -0.2) is 60.0 Å². The van der Waals surface area contributed by atoms with E-state index in [1.54, 1.807) is 17.0 Å². The number of carbonyl (C=O) groups is 1. The number of benzene rings is 1. The van der Waals surface area contributed by atoms with Crippen LogP contribution < -0.4 is 0 Å². The summed E-state index contributed by atoms with van der Waals surface area (Å²) in [6, 6.07) is 4.41. The Morgan fingerprint density at radius 3 is 2.73 bits per heavy atom. The fourth-order valence-corrected chi connectivity index (χ4v) is 6.14. The Hall–Kier alpha value is -2.26. The molecule has 4 rings (SSSR count). The Balaban J connectivity index is 1.64. The molecule has 7 nitrogen and oxygen atoms in total. The van der Waals surface area contributed by atoms with Crippen LogP contribution in [0.15, 0.2) is 35.5 Å². The van der Waals surface area contributed by atoms with Crippen molar-refractivity contribution in [1.82, 2.24) is 14.2 Å². The van der Waals surface area contributed by atoms with Gasteiger partial charge in [0.15, 0.2) is 5.82 Å². The van der Waals surface area contributed by atoms with Crippen molar-refractivity contribution in [2.75, 3.05) is 19.6 Å². The second kappa shape index (κ2) is 7.46. The molecular formula is C21H26FN3O4S. The van der Waals surface area contributed by atoms with Crippen LogP contribution in [0.25, 0.3) is 10.8 Å². The summed E-state index contributed by atoms with van der Waals surface area (Å²) in [6.45, 7) is 6.44. The predicted molar refractivity (Wildman–Crippen MR) is 110 cm³/mol. The van der Waals surface area contributed by atoms with Gasteiger partial charge in [0, 0.05) is 36.6 Å². The second-order valence-electron chi connectivity index (χ2n) is 8.94. The van der Waals surface area contributed by atoms with Gasteiger partial charge in [-0.05, 0) is 45.6 Å². The third-order valence-electron chi connectivity index (χ3n) is 5.69. The summed E-state index contributed by atoms with van der Waals surface area (Å²) in [5.41, 5.74) is -0.622. The Bertz CT molecular complexity index is 1080. The monoisotopic (exact) mass is 435 g/mol. The number of ether oxygens (including phenoxy) is 1. The van der Waals surface area contributed by atoms with Crippen molar-refractivity contribution >= 4 is 26.9 Å². The third kappa shape index (κ3) is 3.76. The van der Waals surface area contributed by atoms with Crippen LogP contribution in [0.1, 0.15) is 33.6 Å². The van der Waals surface area contributed by atoms with Crippen molar-refractivity contribution in [3.05, 3.63) is 36.4 Å². The zero-order valence-electron chi connectivity index (χ0n) is 17.3. The van der Waals surface area contributed by atoms with Gasteiger partial charge in [-0.2, -0.15) is 4.31 Å². The summed E-state index contributed by atoms with van der Waals surface area (Å²) in [7, 11) is -3.94. The zero-order chi connectivity index (χ0) is 21.7. The van der Waals surface area contributed by atoms with E-state index in [1.165, 1.54) is 16.6 Å². The Morgan fingerprint density at radius 2 is 2.00 bits per heavy atom. The number of hydrogen-bond donors (Lipinski definition) is 0.